The van der Waals surface area contributed by atoms with Crippen LogP contribution in [-0.2, 0) is 25.8 Å². The van der Waals surface area contributed by atoms with Crippen molar-refractivity contribution in [2.24, 2.45) is 11.3 Å². The molecule has 2 heterocycles. The van der Waals surface area contributed by atoms with E-state index in [-0.39, 0.29) is 11.4 Å². The number of aromatic amines is 1. The Morgan fingerprint density at radius 1 is 1.31 bits per heavy atom. The standard InChI is InChI=1S/C23H27FN2OS2/c1-4-23(2,3)15-7-10-17-18(13-15)29-20-19(17)21(27)26(22(28)25-20)12-11-14-5-8-16(24)9-6-14/h5-6,8-9,15H,4,7,10-13H2,1-3H3,(H,25,28)/t15-/m1/s1. The molecule has 29 heavy (non-hydrogen) atoms. The van der Waals surface area contributed by atoms with Gasteiger partial charge in [0, 0.05) is 11.4 Å². The second-order valence-electron chi connectivity index (χ2n) is 8.75. The smallest absolute Gasteiger partial charge is 0.263 e. The van der Waals surface area contributed by atoms with Crippen molar-refractivity contribution in [2.45, 2.75) is 59.4 Å². The maximum absolute atomic E-state index is 13.3. The predicted octanol–water partition coefficient (Wildman–Crippen LogP) is 6.04. The number of hydrogen-bond acceptors (Lipinski definition) is 3. The molecule has 1 atom stereocenters. The summed E-state index contributed by atoms with van der Waals surface area (Å²) in [6.45, 7) is 7.46. The van der Waals surface area contributed by atoms with E-state index in [1.54, 1.807) is 28.0 Å². The molecule has 1 aliphatic carbocycles. The molecule has 2 aromatic heterocycles. The number of benzene rings is 1. The summed E-state index contributed by atoms with van der Waals surface area (Å²) in [5.41, 5.74) is 2.54. The topological polar surface area (TPSA) is 37.8 Å². The lowest BCUT2D eigenvalue weighted by Gasteiger charge is -2.36. The van der Waals surface area contributed by atoms with E-state index in [4.69, 9.17) is 12.2 Å². The molecule has 0 bridgehead atoms. The SMILES string of the molecule is CCC(C)(C)[C@@H]1CCc2c(sc3[nH]c(=S)n(CCc4ccc(F)cc4)c(=O)c23)C1. The molecule has 0 radical (unpaired) electrons. The average Bonchev–Trinajstić information content (AvgIpc) is 3.06. The van der Waals surface area contributed by atoms with E-state index in [0.717, 1.165) is 41.5 Å². The summed E-state index contributed by atoms with van der Waals surface area (Å²) in [5, 5.41) is 0.825. The van der Waals surface area contributed by atoms with Crippen LogP contribution in [0, 0.1) is 21.9 Å². The number of nitrogens with one attached hydrogen (secondary N) is 1. The molecular formula is C23H27FN2OS2. The van der Waals surface area contributed by atoms with Crippen LogP contribution in [0.1, 0.15) is 49.6 Å². The quantitative estimate of drug-likeness (QED) is 0.501. The summed E-state index contributed by atoms with van der Waals surface area (Å²) >= 11 is 7.21. The van der Waals surface area contributed by atoms with Crippen LogP contribution in [0.3, 0.4) is 0 Å². The van der Waals surface area contributed by atoms with E-state index >= 15 is 0 Å². The lowest BCUT2D eigenvalue weighted by atomic mass is 9.70. The zero-order valence-corrected chi connectivity index (χ0v) is 18.8. The highest BCUT2D eigenvalue weighted by atomic mass is 32.1. The largest absolute Gasteiger partial charge is 0.323 e. The number of hydrogen-bond donors (Lipinski definition) is 1. The molecule has 0 saturated heterocycles. The van der Waals surface area contributed by atoms with Gasteiger partial charge in [-0.1, -0.05) is 39.3 Å². The number of aromatic nitrogens is 2. The summed E-state index contributed by atoms with van der Waals surface area (Å²) in [7, 11) is 0. The van der Waals surface area contributed by atoms with Crippen LogP contribution in [0.5, 0.6) is 0 Å². The Hall–Kier alpha value is -1.79. The van der Waals surface area contributed by atoms with E-state index in [2.05, 4.69) is 25.8 Å². The molecule has 0 amide bonds. The number of rotatable bonds is 5. The molecule has 154 valence electrons. The minimum absolute atomic E-state index is 0.0107. The zero-order valence-electron chi connectivity index (χ0n) is 17.2. The first kappa shape index (κ1) is 20.5. The maximum Gasteiger partial charge on any atom is 0.263 e. The van der Waals surface area contributed by atoms with Gasteiger partial charge >= 0.3 is 0 Å². The number of thiophene rings is 1. The van der Waals surface area contributed by atoms with Crippen LogP contribution < -0.4 is 5.56 Å². The van der Waals surface area contributed by atoms with Gasteiger partial charge in [-0.3, -0.25) is 9.36 Å². The van der Waals surface area contributed by atoms with Crippen molar-refractivity contribution in [3.63, 3.8) is 0 Å². The number of aryl methyl sites for hydroxylation is 2. The first-order chi connectivity index (χ1) is 13.8. The molecule has 3 aromatic rings. The van der Waals surface area contributed by atoms with Gasteiger partial charge in [0.05, 0.1) is 5.39 Å². The Bertz CT molecular complexity index is 1150. The van der Waals surface area contributed by atoms with E-state index in [1.807, 2.05) is 0 Å². The highest BCUT2D eigenvalue weighted by molar-refractivity contribution is 7.71. The van der Waals surface area contributed by atoms with Crippen LogP contribution in [-0.4, -0.2) is 9.55 Å². The summed E-state index contributed by atoms with van der Waals surface area (Å²) in [4.78, 5) is 18.9. The van der Waals surface area contributed by atoms with Crippen LogP contribution >= 0.6 is 23.6 Å². The Labute approximate surface area is 179 Å². The van der Waals surface area contributed by atoms with Gasteiger partial charge < -0.3 is 4.98 Å². The fourth-order valence-corrected chi connectivity index (χ4v) is 6.00. The van der Waals surface area contributed by atoms with Gasteiger partial charge in [-0.15, -0.1) is 11.3 Å². The molecule has 1 aliphatic rings. The second kappa shape index (κ2) is 7.80. The van der Waals surface area contributed by atoms with E-state index < -0.39 is 0 Å². The lowest BCUT2D eigenvalue weighted by Crippen LogP contribution is -2.29. The second-order valence-corrected chi connectivity index (χ2v) is 10.2. The third kappa shape index (κ3) is 3.84. The molecule has 6 heteroatoms. The van der Waals surface area contributed by atoms with Crippen molar-refractivity contribution in [1.82, 2.24) is 9.55 Å². The van der Waals surface area contributed by atoms with Gasteiger partial charge in [-0.25, -0.2) is 4.39 Å². The van der Waals surface area contributed by atoms with Crippen molar-refractivity contribution < 1.29 is 4.39 Å². The molecule has 3 nitrogen and oxygen atoms in total. The number of nitrogens with zero attached hydrogens (tertiary/aromatic N) is 1. The molecule has 0 aliphatic heterocycles. The van der Waals surface area contributed by atoms with Crippen molar-refractivity contribution in [1.29, 1.82) is 0 Å². The summed E-state index contributed by atoms with van der Waals surface area (Å²) in [6.07, 6.45) is 4.94. The molecule has 0 saturated carbocycles. The van der Waals surface area contributed by atoms with E-state index in [9.17, 15) is 9.18 Å². The first-order valence-corrected chi connectivity index (χ1v) is 11.5. The summed E-state index contributed by atoms with van der Waals surface area (Å²) in [5.74, 6) is 0.399. The maximum atomic E-state index is 13.3. The van der Waals surface area contributed by atoms with E-state index in [1.165, 1.54) is 22.6 Å². The third-order valence-corrected chi connectivity index (χ3v) is 8.24. The molecule has 0 fully saturated rings. The van der Waals surface area contributed by atoms with Crippen molar-refractivity contribution >= 4 is 33.8 Å². The van der Waals surface area contributed by atoms with Gasteiger partial charge in [0.25, 0.3) is 5.56 Å². The summed E-state index contributed by atoms with van der Waals surface area (Å²) < 4.78 is 15.3. The third-order valence-electron chi connectivity index (χ3n) is 6.74. The van der Waals surface area contributed by atoms with Gasteiger partial charge in [-0.2, -0.15) is 0 Å². The molecular weight excluding hydrogens is 403 g/mol. The lowest BCUT2D eigenvalue weighted by molar-refractivity contribution is 0.184. The van der Waals surface area contributed by atoms with Gasteiger partial charge in [0.15, 0.2) is 4.77 Å². The van der Waals surface area contributed by atoms with Crippen LogP contribution in [0.25, 0.3) is 10.2 Å². The average molecular weight is 431 g/mol. The molecule has 1 aromatic carbocycles. The van der Waals surface area contributed by atoms with Crippen LogP contribution in [0.2, 0.25) is 0 Å². The Morgan fingerprint density at radius 2 is 2.03 bits per heavy atom. The minimum atomic E-state index is -0.251. The highest BCUT2D eigenvalue weighted by Crippen LogP contribution is 2.43. The molecule has 1 N–H and O–H groups in total. The minimum Gasteiger partial charge on any atom is -0.323 e. The number of H-pyrrole nitrogens is 1. The fourth-order valence-electron chi connectivity index (χ4n) is 4.34. The van der Waals surface area contributed by atoms with Gasteiger partial charge in [0.2, 0.25) is 0 Å². The fraction of sp³-hybridized carbons (Fsp3) is 0.478. The van der Waals surface area contributed by atoms with Gasteiger partial charge in [0.1, 0.15) is 10.6 Å². The van der Waals surface area contributed by atoms with Crippen molar-refractivity contribution in [3.8, 4) is 0 Å². The summed E-state index contributed by atoms with van der Waals surface area (Å²) in [6, 6.07) is 6.42. The van der Waals surface area contributed by atoms with Crippen molar-refractivity contribution in [3.05, 3.63) is 61.2 Å². The molecule has 0 spiro atoms. The Morgan fingerprint density at radius 3 is 2.72 bits per heavy atom. The van der Waals surface area contributed by atoms with E-state index in [0.29, 0.717) is 29.1 Å². The number of halogens is 1. The Balaban J connectivity index is 1.68. The highest BCUT2D eigenvalue weighted by Gasteiger charge is 2.33. The number of fused-ring (bicyclic) bond motifs is 3. The normalized spacial score (nSPS) is 16.9. The predicted molar refractivity (Wildman–Crippen MR) is 121 cm³/mol. The first-order valence-electron chi connectivity index (χ1n) is 10.3. The zero-order chi connectivity index (χ0) is 20.8. The molecule has 0 unspecified atom stereocenters. The molecule has 4 rings (SSSR count). The monoisotopic (exact) mass is 430 g/mol. The Kier molecular flexibility index (Phi) is 5.51. The van der Waals surface area contributed by atoms with Crippen molar-refractivity contribution in [2.75, 3.05) is 0 Å². The van der Waals surface area contributed by atoms with Crippen LogP contribution in [0.15, 0.2) is 29.1 Å². The van der Waals surface area contributed by atoms with Crippen LogP contribution in [0.4, 0.5) is 4.39 Å². The van der Waals surface area contributed by atoms with Gasteiger partial charge in [-0.05, 0) is 72.5 Å².